The first kappa shape index (κ1) is 14.8. The molecule has 0 aliphatic heterocycles. The predicted molar refractivity (Wildman–Crippen MR) is 73.0 cm³/mol. The van der Waals surface area contributed by atoms with Gasteiger partial charge in [-0.15, -0.1) is 0 Å². The Labute approximate surface area is 115 Å². The lowest BCUT2D eigenvalue weighted by Crippen LogP contribution is -2.05. The van der Waals surface area contributed by atoms with E-state index in [4.69, 9.17) is 14.2 Å². The summed E-state index contributed by atoms with van der Waals surface area (Å²) in [5.41, 5.74) is 0.504. The average Bonchev–Trinajstić information content (AvgIpc) is 2.37. The molecule has 1 aromatic carbocycles. The molecular weight excluding hydrogens is 300 g/mol. The molecule has 4 nitrogen and oxygen atoms in total. The van der Waals surface area contributed by atoms with Crippen molar-refractivity contribution in [2.45, 2.75) is 19.8 Å². The van der Waals surface area contributed by atoms with Gasteiger partial charge in [0.2, 0.25) is 5.75 Å². The molecule has 0 aliphatic carbocycles. The second kappa shape index (κ2) is 6.64. The Morgan fingerprint density at radius 2 is 1.67 bits per heavy atom. The Balaban J connectivity index is 3.44. The third kappa shape index (κ3) is 2.77. The first-order chi connectivity index (χ1) is 8.60. The van der Waals surface area contributed by atoms with Gasteiger partial charge in [0.1, 0.15) is 0 Å². The van der Waals surface area contributed by atoms with E-state index in [1.807, 2.05) is 6.92 Å². The number of carbonyl (C=O) groups excluding carboxylic acids is 1. The standard InChI is InChI=1S/C13H17BrO4/c1-5-6-10(15)8-7-9(14)12(17-3)13(18-4)11(8)16-2/h7H,5-6H2,1-4H3. The normalized spacial score (nSPS) is 10.1. The number of ether oxygens (including phenoxy) is 3. The van der Waals surface area contributed by atoms with Gasteiger partial charge in [-0.3, -0.25) is 4.79 Å². The van der Waals surface area contributed by atoms with Gasteiger partial charge in [0.15, 0.2) is 17.3 Å². The highest BCUT2D eigenvalue weighted by atomic mass is 79.9. The summed E-state index contributed by atoms with van der Waals surface area (Å²) in [5.74, 6) is 1.38. The molecule has 0 bridgehead atoms. The van der Waals surface area contributed by atoms with Gasteiger partial charge >= 0.3 is 0 Å². The molecule has 0 aliphatic rings. The Kier molecular flexibility index (Phi) is 5.47. The van der Waals surface area contributed by atoms with Crippen molar-refractivity contribution in [2.24, 2.45) is 0 Å². The quantitative estimate of drug-likeness (QED) is 0.754. The summed E-state index contributed by atoms with van der Waals surface area (Å²) < 4.78 is 16.5. The number of benzene rings is 1. The van der Waals surface area contributed by atoms with E-state index in [0.717, 1.165) is 6.42 Å². The molecule has 5 heteroatoms. The van der Waals surface area contributed by atoms with Gasteiger partial charge in [-0.1, -0.05) is 6.92 Å². The number of halogens is 1. The van der Waals surface area contributed by atoms with Gasteiger partial charge in [-0.25, -0.2) is 0 Å². The SMILES string of the molecule is CCCC(=O)c1cc(Br)c(OC)c(OC)c1OC. The van der Waals surface area contributed by atoms with Crippen LogP contribution < -0.4 is 14.2 Å². The lowest BCUT2D eigenvalue weighted by Gasteiger charge is -2.16. The van der Waals surface area contributed by atoms with Crippen molar-refractivity contribution in [3.63, 3.8) is 0 Å². The molecule has 0 amide bonds. The Bertz CT molecular complexity index is 443. The fraction of sp³-hybridized carbons (Fsp3) is 0.462. The maximum Gasteiger partial charge on any atom is 0.205 e. The van der Waals surface area contributed by atoms with Crippen LogP contribution in [0.4, 0.5) is 0 Å². The zero-order valence-corrected chi connectivity index (χ0v) is 12.6. The molecule has 18 heavy (non-hydrogen) atoms. The summed E-state index contributed by atoms with van der Waals surface area (Å²) in [7, 11) is 4.56. The van der Waals surface area contributed by atoms with Crippen molar-refractivity contribution in [2.75, 3.05) is 21.3 Å². The summed E-state index contributed by atoms with van der Waals surface area (Å²) in [6, 6.07) is 1.71. The molecule has 0 unspecified atom stereocenters. The van der Waals surface area contributed by atoms with Crippen molar-refractivity contribution >= 4 is 21.7 Å². The number of rotatable bonds is 6. The lowest BCUT2D eigenvalue weighted by molar-refractivity contribution is 0.0978. The van der Waals surface area contributed by atoms with E-state index in [0.29, 0.717) is 33.7 Å². The van der Waals surface area contributed by atoms with Crippen molar-refractivity contribution < 1.29 is 19.0 Å². The Morgan fingerprint density at radius 1 is 1.11 bits per heavy atom. The molecule has 0 aromatic heterocycles. The van der Waals surface area contributed by atoms with E-state index < -0.39 is 0 Å². The van der Waals surface area contributed by atoms with Crippen LogP contribution in [-0.2, 0) is 0 Å². The topological polar surface area (TPSA) is 44.8 Å². The third-order valence-corrected chi connectivity index (χ3v) is 3.12. The summed E-state index contributed by atoms with van der Waals surface area (Å²) in [6.07, 6.45) is 1.26. The summed E-state index contributed by atoms with van der Waals surface area (Å²) in [5, 5.41) is 0. The van der Waals surface area contributed by atoms with Crippen LogP contribution in [0, 0.1) is 0 Å². The van der Waals surface area contributed by atoms with E-state index in [-0.39, 0.29) is 5.78 Å². The molecule has 1 aromatic rings. The zero-order chi connectivity index (χ0) is 13.7. The van der Waals surface area contributed by atoms with Crippen LogP contribution >= 0.6 is 15.9 Å². The van der Waals surface area contributed by atoms with Crippen molar-refractivity contribution in [1.29, 1.82) is 0 Å². The Hall–Kier alpha value is -1.23. The largest absolute Gasteiger partial charge is 0.492 e. The van der Waals surface area contributed by atoms with Crippen LogP contribution in [-0.4, -0.2) is 27.1 Å². The molecule has 0 saturated heterocycles. The minimum atomic E-state index is 0.0241. The zero-order valence-electron chi connectivity index (χ0n) is 11.0. The highest BCUT2D eigenvalue weighted by molar-refractivity contribution is 9.10. The molecule has 1 rings (SSSR count). The van der Waals surface area contributed by atoms with Gasteiger partial charge in [-0.2, -0.15) is 0 Å². The van der Waals surface area contributed by atoms with E-state index in [1.165, 1.54) is 21.3 Å². The van der Waals surface area contributed by atoms with E-state index >= 15 is 0 Å². The minimum absolute atomic E-state index is 0.0241. The van der Waals surface area contributed by atoms with Gasteiger partial charge < -0.3 is 14.2 Å². The van der Waals surface area contributed by atoms with Crippen LogP contribution in [0.5, 0.6) is 17.2 Å². The fourth-order valence-corrected chi connectivity index (χ4v) is 2.31. The second-order valence-electron chi connectivity index (χ2n) is 3.68. The van der Waals surface area contributed by atoms with Crippen LogP contribution in [0.25, 0.3) is 0 Å². The molecule has 0 radical (unpaired) electrons. The number of methoxy groups -OCH3 is 3. The summed E-state index contributed by atoms with van der Waals surface area (Å²) in [4.78, 5) is 12.0. The molecule has 0 atom stereocenters. The van der Waals surface area contributed by atoms with Crippen molar-refractivity contribution in [3.8, 4) is 17.2 Å². The number of hydrogen-bond acceptors (Lipinski definition) is 4. The molecule has 100 valence electrons. The second-order valence-corrected chi connectivity index (χ2v) is 4.53. The smallest absolute Gasteiger partial charge is 0.205 e. The van der Waals surface area contributed by atoms with E-state index in [9.17, 15) is 4.79 Å². The first-order valence-corrected chi connectivity index (χ1v) is 6.41. The Morgan fingerprint density at radius 3 is 2.11 bits per heavy atom. The van der Waals surface area contributed by atoms with Crippen LogP contribution in [0.1, 0.15) is 30.1 Å². The molecule has 0 saturated carbocycles. The minimum Gasteiger partial charge on any atom is -0.492 e. The maximum absolute atomic E-state index is 12.0. The fourth-order valence-electron chi connectivity index (χ4n) is 1.74. The number of Topliss-reactive ketones (excluding diaryl/α,β-unsaturated/α-hetero) is 1. The number of hydrogen-bond donors (Lipinski definition) is 0. The third-order valence-electron chi connectivity index (χ3n) is 2.53. The molecular formula is C13H17BrO4. The average molecular weight is 317 g/mol. The number of carbonyl (C=O) groups is 1. The van der Waals surface area contributed by atoms with Gasteiger partial charge in [-0.05, 0) is 28.4 Å². The van der Waals surface area contributed by atoms with Gasteiger partial charge in [0, 0.05) is 6.42 Å². The summed E-state index contributed by atoms with van der Waals surface area (Å²) >= 11 is 3.37. The monoisotopic (exact) mass is 316 g/mol. The molecule has 0 N–H and O–H groups in total. The van der Waals surface area contributed by atoms with Crippen LogP contribution in [0.2, 0.25) is 0 Å². The predicted octanol–water partition coefficient (Wildman–Crippen LogP) is 3.46. The van der Waals surface area contributed by atoms with Gasteiger partial charge in [0.25, 0.3) is 0 Å². The number of ketones is 1. The van der Waals surface area contributed by atoms with E-state index in [1.54, 1.807) is 6.07 Å². The highest BCUT2D eigenvalue weighted by Gasteiger charge is 2.22. The highest BCUT2D eigenvalue weighted by Crippen LogP contribution is 2.45. The van der Waals surface area contributed by atoms with Crippen LogP contribution in [0.15, 0.2) is 10.5 Å². The molecule has 0 heterocycles. The van der Waals surface area contributed by atoms with Crippen LogP contribution in [0.3, 0.4) is 0 Å². The molecule has 0 fully saturated rings. The summed E-state index contributed by atoms with van der Waals surface area (Å²) in [6.45, 7) is 1.96. The molecule has 0 spiro atoms. The van der Waals surface area contributed by atoms with E-state index in [2.05, 4.69) is 15.9 Å². The first-order valence-electron chi connectivity index (χ1n) is 5.62. The van der Waals surface area contributed by atoms with Crippen molar-refractivity contribution in [1.82, 2.24) is 0 Å². The maximum atomic E-state index is 12.0. The lowest BCUT2D eigenvalue weighted by atomic mass is 10.0. The van der Waals surface area contributed by atoms with Gasteiger partial charge in [0.05, 0.1) is 31.4 Å². The van der Waals surface area contributed by atoms with Crippen molar-refractivity contribution in [3.05, 3.63) is 16.1 Å².